The second-order valence-corrected chi connectivity index (χ2v) is 6.18. The van der Waals surface area contributed by atoms with Gasteiger partial charge in [-0.15, -0.1) is 0 Å². The lowest BCUT2D eigenvalue weighted by atomic mass is 10.3. The third-order valence-corrected chi connectivity index (χ3v) is 3.99. The fourth-order valence-corrected chi connectivity index (χ4v) is 2.56. The van der Waals surface area contributed by atoms with Gasteiger partial charge in [-0.2, -0.15) is 20.1 Å². The van der Waals surface area contributed by atoms with Crippen LogP contribution in [0.5, 0.6) is 11.5 Å². The first kappa shape index (κ1) is 21.7. The van der Waals surface area contributed by atoms with Crippen molar-refractivity contribution in [3.8, 4) is 11.5 Å². The molecule has 0 spiro atoms. The predicted octanol–water partition coefficient (Wildman–Crippen LogP) is 1.74. The maximum atomic E-state index is 12.2. The zero-order valence-electron chi connectivity index (χ0n) is 16.4. The van der Waals surface area contributed by atoms with Crippen LogP contribution in [0, 0.1) is 10.4 Å². The average Bonchev–Trinajstić information content (AvgIpc) is 2.81. The molecule has 0 amide bonds. The van der Waals surface area contributed by atoms with E-state index in [1.54, 1.807) is 18.2 Å². The van der Waals surface area contributed by atoms with Gasteiger partial charge in [0.25, 0.3) is 0 Å². The SMILES string of the molecule is [O-][NH+](OCCOc1ccccc1)c1cccc([NH+]([O-])OCCOc2ccccc2)c1. The molecule has 0 heterocycles. The Morgan fingerprint density at radius 1 is 0.533 bits per heavy atom. The van der Waals surface area contributed by atoms with Gasteiger partial charge < -0.3 is 19.9 Å². The van der Waals surface area contributed by atoms with Crippen molar-refractivity contribution >= 4 is 11.4 Å². The van der Waals surface area contributed by atoms with E-state index in [9.17, 15) is 10.4 Å². The smallest absolute Gasteiger partial charge is 0.170 e. The van der Waals surface area contributed by atoms with Crippen molar-refractivity contribution in [3.05, 3.63) is 95.3 Å². The van der Waals surface area contributed by atoms with Gasteiger partial charge in [0.1, 0.15) is 37.9 Å². The standard InChI is InChI=1S/C22H24N2O6/c25-23(29-16-14-27-21-10-3-1-4-11-21)19-8-7-9-20(18-19)24(26)30-17-15-28-22-12-5-2-6-13-22/h1-13,18,23-24H,14-17H2. The minimum atomic E-state index is -0.534. The van der Waals surface area contributed by atoms with E-state index in [2.05, 4.69) is 0 Å². The zero-order valence-corrected chi connectivity index (χ0v) is 16.4. The van der Waals surface area contributed by atoms with E-state index in [1.807, 2.05) is 60.7 Å². The number of benzene rings is 3. The van der Waals surface area contributed by atoms with Crippen molar-refractivity contribution in [2.45, 2.75) is 0 Å². The van der Waals surface area contributed by atoms with Crippen LogP contribution >= 0.6 is 0 Å². The molecule has 2 N–H and O–H groups in total. The lowest BCUT2D eigenvalue weighted by molar-refractivity contribution is -1.00. The molecule has 2 atom stereocenters. The quantitative estimate of drug-likeness (QED) is 0.348. The molecule has 158 valence electrons. The van der Waals surface area contributed by atoms with E-state index < -0.39 is 10.5 Å². The Bertz CT molecular complexity index is 797. The van der Waals surface area contributed by atoms with E-state index in [4.69, 9.17) is 19.1 Å². The van der Waals surface area contributed by atoms with E-state index in [0.717, 1.165) is 0 Å². The number of para-hydroxylation sites is 2. The molecule has 3 aromatic rings. The highest BCUT2D eigenvalue weighted by Gasteiger charge is 2.11. The van der Waals surface area contributed by atoms with Crippen molar-refractivity contribution in [2.24, 2.45) is 0 Å². The molecule has 0 saturated heterocycles. The first-order chi connectivity index (χ1) is 14.7. The first-order valence-electron chi connectivity index (χ1n) is 9.52. The second-order valence-electron chi connectivity index (χ2n) is 6.18. The molecule has 0 aliphatic rings. The topological polar surface area (TPSA) is 91.9 Å². The van der Waals surface area contributed by atoms with Crippen molar-refractivity contribution in [2.75, 3.05) is 26.4 Å². The highest BCUT2D eigenvalue weighted by molar-refractivity contribution is 5.41. The van der Waals surface area contributed by atoms with E-state index >= 15 is 0 Å². The third kappa shape index (κ3) is 7.12. The summed E-state index contributed by atoms with van der Waals surface area (Å²) < 4.78 is 11.0. The van der Waals surface area contributed by atoms with Crippen LogP contribution in [0.25, 0.3) is 0 Å². The van der Waals surface area contributed by atoms with Gasteiger partial charge in [-0.3, -0.25) is 0 Å². The summed E-state index contributed by atoms with van der Waals surface area (Å²) in [5, 5.41) is 23.3. The number of nitrogens with one attached hydrogen (secondary N) is 2. The van der Waals surface area contributed by atoms with Crippen molar-refractivity contribution in [1.82, 2.24) is 0 Å². The maximum Gasteiger partial charge on any atom is 0.170 e. The van der Waals surface area contributed by atoms with Gasteiger partial charge in [-0.1, -0.05) is 42.5 Å². The van der Waals surface area contributed by atoms with Crippen molar-refractivity contribution < 1.29 is 29.6 Å². The maximum absolute atomic E-state index is 12.2. The fourth-order valence-electron chi connectivity index (χ4n) is 2.56. The minimum absolute atomic E-state index is 0.0965. The predicted molar refractivity (Wildman–Crippen MR) is 110 cm³/mol. The van der Waals surface area contributed by atoms with Crippen LogP contribution in [-0.4, -0.2) is 26.4 Å². The number of hydrogen-bond acceptors (Lipinski definition) is 6. The largest absolute Gasteiger partial charge is 0.595 e. The molecular weight excluding hydrogens is 388 g/mol. The Kier molecular flexibility index (Phi) is 8.61. The number of hydrogen-bond donors (Lipinski definition) is 2. The Labute approximate surface area is 174 Å². The molecule has 30 heavy (non-hydrogen) atoms. The molecule has 0 aliphatic carbocycles. The van der Waals surface area contributed by atoms with Crippen LogP contribution in [-0.2, 0) is 9.68 Å². The molecule has 0 aromatic heterocycles. The molecule has 0 bridgehead atoms. The highest BCUT2D eigenvalue weighted by Crippen LogP contribution is 2.10. The van der Waals surface area contributed by atoms with Crippen LogP contribution in [0.3, 0.4) is 0 Å². The number of quaternary nitrogens is 2. The Morgan fingerprint density at radius 2 is 0.967 bits per heavy atom. The number of rotatable bonds is 12. The Balaban J connectivity index is 1.40. The summed E-state index contributed by atoms with van der Waals surface area (Å²) in [5.74, 6) is 1.41. The highest BCUT2D eigenvalue weighted by atomic mass is 16.9. The molecule has 0 fully saturated rings. The Morgan fingerprint density at radius 3 is 1.40 bits per heavy atom. The monoisotopic (exact) mass is 412 g/mol. The van der Waals surface area contributed by atoms with Gasteiger partial charge in [-0.25, -0.2) is 0 Å². The summed E-state index contributed by atoms with van der Waals surface area (Å²) in [7, 11) is 0. The summed E-state index contributed by atoms with van der Waals surface area (Å²) in [6.07, 6.45) is 0. The van der Waals surface area contributed by atoms with Crippen LogP contribution < -0.4 is 19.9 Å². The average molecular weight is 412 g/mol. The van der Waals surface area contributed by atoms with Crippen molar-refractivity contribution in [1.29, 1.82) is 0 Å². The summed E-state index contributed by atoms with van der Waals surface area (Å²) >= 11 is 0. The lowest BCUT2D eigenvalue weighted by Crippen LogP contribution is -3.02. The lowest BCUT2D eigenvalue weighted by Gasteiger charge is -2.22. The normalized spacial score (nSPS) is 12.9. The van der Waals surface area contributed by atoms with E-state index in [-0.39, 0.29) is 37.8 Å². The van der Waals surface area contributed by atoms with E-state index in [1.165, 1.54) is 6.07 Å². The zero-order chi connectivity index (χ0) is 21.0. The molecule has 0 aliphatic heterocycles. The molecule has 3 aromatic carbocycles. The summed E-state index contributed by atoms with van der Waals surface area (Å²) in [5.41, 5.74) is 0.536. The van der Waals surface area contributed by atoms with Gasteiger partial charge in [0.2, 0.25) is 0 Å². The fraction of sp³-hybridized carbons (Fsp3) is 0.182. The van der Waals surface area contributed by atoms with Crippen LogP contribution in [0.4, 0.5) is 11.4 Å². The van der Waals surface area contributed by atoms with Gasteiger partial charge in [0, 0.05) is 12.1 Å². The van der Waals surface area contributed by atoms with Crippen LogP contribution in [0.1, 0.15) is 0 Å². The van der Waals surface area contributed by atoms with E-state index in [0.29, 0.717) is 11.5 Å². The van der Waals surface area contributed by atoms with Crippen LogP contribution in [0.15, 0.2) is 84.9 Å². The van der Waals surface area contributed by atoms with Gasteiger partial charge in [0.15, 0.2) is 11.4 Å². The van der Waals surface area contributed by atoms with Gasteiger partial charge in [0.05, 0.1) is 6.07 Å². The molecule has 0 radical (unpaired) electrons. The molecule has 8 heteroatoms. The molecule has 2 unspecified atom stereocenters. The Hall–Kier alpha value is -2.98. The molecular formula is C22H24N2O6. The minimum Gasteiger partial charge on any atom is -0.595 e. The molecule has 0 saturated carbocycles. The molecule has 3 rings (SSSR count). The first-order valence-corrected chi connectivity index (χ1v) is 9.52. The number of ether oxygens (including phenoxy) is 2. The van der Waals surface area contributed by atoms with Gasteiger partial charge in [-0.05, 0) is 24.3 Å². The van der Waals surface area contributed by atoms with Gasteiger partial charge >= 0.3 is 0 Å². The summed E-state index contributed by atoms with van der Waals surface area (Å²) in [6, 6.07) is 24.7. The summed E-state index contributed by atoms with van der Waals surface area (Å²) in [6.45, 7) is 0.663. The third-order valence-electron chi connectivity index (χ3n) is 3.99. The van der Waals surface area contributed by atoms with Crippen LogP contribution in [0.2, 0.25) is 0 Å². The summed E-state index contributed by atoms with van der Waals surface area (Å²) in [4.78, 5) is 10.4. The van der Waals surface area contributed by atoms with Crippen molar-refractivity contribution in [3.63, 3.8) is 0 Å². The second kappa shape index (κ2) is 11.9. The molecule has 8 nitrogen and oxygen atoms in total.